The van der Waals surface area contributed by atoms with Crippen LogP contribution >= 0.6 is 23.2 Å². The first kappa shape index (κ1) is 12.4. The number of H-pyrrole nitrogens is 1. The Balaban J connectivity index is 2.00. The van der Waals surface area contributed by atoms with E-state index in [0.29, 0.717) is 16.6 Å². The molecule has 0 spiro atoms. The molecule has 0 radical (unpaired) electrons. The Morgan fingerprint density at radius 1 is 1.41 bits per heavy atom. The molecule has 0 aliphatic rings. The van der Waals surface area contributed by atoms with E-state index in [1.54, 1.807) is 12.3 Å². The van der Waals surface area contributed by atoms with Crippen molar-refractivity contribution in [2.45, 2.75) is 19.5 Å². The van der Waals surface area contributed by atoms with Gasteiger partial charge in [-0.25, -0.2) is 0 Å². The molecule has 17 heavy (non-hydrogen) atoms. The molecule has 1 unspecified atom stereocenters. The third-order valence-corrected chi connectivity index (χ3v) is 3.51. The number of hydrogen-bond acceptors (Lipinski definition) is 2. The number of benzene rings is 1. The Morgan fingerprint density at radius 2 is 2.24 bits per heavy atom. The molecular formula is C12H13Cl2N3. The fraction of sp³-hybridized carbons (Fsp3) is 0.250. The van der Waals surface area contributed by atoms with Crippen LogP contribution in [-0.2, 0) is 6.54 Å². The molecule has 0 aliphatic heterocycles. The van der Waals surface area contributed by atoms with Gasteiger partial charge in [0.2, 0.25) is 0 Å². The van der Waals surface area contributed by atoms with Gasteiger partial charge in [0.05, 0.1) is 16.2 Å². The van der Waals surface area contributed by atoms with Gasteiger partial charge in [0.15, 0.2) is 0 Å². The van der Waals surface area contributed by atoms with E-state index in [-0.39, 0.29) is 6.04 Å². The van der Waals surface area contributed by atoms with Crippen molar-refractivity contribution < 1.29 is 0 Å². The molecule has 1 aromatic carbocycles. The molecule has 2 rings (SSSR count). The molecule has 90 valence electrons. The Kier molecular flexibility index (Phi) is 4.05. The van der Waals surface area contributed by atoms with E-state index in [9.17, 15) is 0 Å². The van der Waals surface area contributed by atoms with Crippen molar-refractivity contribution in [3.8, 4) is 0 Å². The van der Waals surface area contributed by atoms with Gasteiger partial charge in [0.1, 0.15) is 0 Å². The molecule has 0 saturated carbocycles. The fourth-order valence-electron chi connectivity index (χ4n) is 1.56. The number of halogens is 2. The highest BCUT2D eigenvalue weighted by Gasteiger charge is 2.08. The van der Waals surface area contributed by atoms with Crippen LogP contribution in [0.1, 0.15) is 24.1 Å². The summed E-state index contributed by atoms with van der Waals surface area (Å²) < 4.78 is 0. The number of aromatic amines is 1. The molecule has 5 heteroatoms. The van der Waals surface area contributed by atoms with Crippen LogP contribution in [0.25, 0.3) is 0 Å². The number of aromatic nitrogens is 2. The van der Waals surface area contributed by atoms with Crippen molar-refractivity contribution in [3.63, 3.8) is 0 Å². The van der Waals surface area contributed by atoms with Crippen molar-refractivity contribution in [3.05, 3.63) is 51.8 Å². The SMILES string of the molecule is CC(NCc1cccc(Cl)c1Cl)c1cn[nH]c1. The summed E-state index contributed by atoms with van der Waals surface area (Å²) in [6.45, 7) is 2.75. The van der Waals surface area contributed by atoms with E-state index in [0.717, 1.165) is 11.1 Å². The molecule has 0 aliphatic carbocycles. The topological polar surface area (TPSA) is 40.7 Å². The Morgan fingerprint density at radius 3 is 2.94 bits per heavy atom. The van der Waals surface area contributed by atoms with E-state index in [2.05, 4.69) is 22.4 Å². The number of nitrogens with one attached hydrogen (secondary N) is 2. The molecule has 0 saturated heterocycles. The zero-order chi connectivity index (χ0) is 12.3. The highest BCUT2D eigenvalue weighted by Crippen LogP contribution is 2.25. The summed E-state index contributed by atoms with van der Waals surface area (Å²) in [5.41, 5.74) is 2.11. The van der Waals surface area contributed by atoms with Crippen LogP contribution in [0.5, 0.6) is 0 Å². The van der Waals surface area contributed by atoms with E-state index in [1.165, 1.54) is 0 Å². The third kappa shape index (κ3) is 3.00. The average molecular weight is 270 g/mol. The Labute approximate surface area is 110 Å². The minimum atomic E-state index is 0.212. The first-order chi connectivity index (χ1) is 8.18. The molecule has 1 aromatic heterocycles. The summed E-state index contributed by atoms with van der Waals surface area (Å²) in [5.74, 6) is 0. The molecule has 0 bridgehead atoms. The molecule has 1 atom stereocenters. The maximum atomic E-state index is 6.11. The predicted molar refractivity (Wildman–Crippen MR) is 70.3 cm³/mol. The summed E-state index contributed by atoms with van der Waals surface area (Å²) in [6.07, 6.45) is 3.68. The predicted octanol–water partition coefficient (Wildman–Crippen LogP) is 3.57. The van der Waals surface area contributed by atoms with E-state index >= 15 is 0 Å². The zero-order valence-electron chi connectivity index (χ0n) is 9.37. The largest absolute Gasteiger partial charge is 0.306 e. The van der Waals surface area contributed by atoms with Crippen molar-refractivity contribution in [2.75, 3.05) is 0 Å². The fourth-order valence-corrected chi connectivity index (χ4v) is 1.95. The van der Waals surface area contributed by atoms with Gasteiger partial charge in [-0.1, -0.05) is 35.3 Å². The normalized spacial score (nSPS) is 12.6. The van der Waals surface area contributed by atoms with Crippen molar-refractivity contribution in [2.24, 2.45) is 0 Å². The van der Waals surface area contributed by atoms with Gasteiger partial charge in [0.25, 0.3) is 0 Å². The van der Waals surface area contributed by atoms with Crippen molar-refractivity contribution in [1.29, 1.82) is 0 Å². The highest BCUT2D eigenvalue weighted by molar-refractivity contribution is 6.42. The third-order valence-electron chi connectivity index (χ3n) is 2.65. The smallest absolute Gasteiger partial charge is 0.0637 e. The second-order valence-corrected chi connectivity index (χ2v) is 4.63. The quantitative estimate of drug-likeness (QED) is 0.891. The molecule has 2 N–H and O–H groups in total. The van der Waals surface area contributed by atoms with Gasteiger partial charge in [0, 0.05) is 24.3 Å². The number of rotatable bonds is 4. The van der Waals surface area contributed by atoms with Crippen LogP contribution in [-0.4, -0.2) is 10.2 Å². The van der Waals surface area contributed by atoms with Gasteiger partial charge in [-0.3, -0.25) is 5.10 Å². The minimum Gasteiger partial charge on any atom is -0.306 e. The monoisotopic (exact) mass is 269 g/mol. The van der Waals surface area contributed by atoms with Crippen LogP contribution in [0.15, 0.2) is 30.6 Å². The first-order valence-electron chi connectivity index (χ1n) is 5.33. The Bertz CT molecular complexity index is 483. The summed E-state index contributed by atoms with van der Waals surface area (Å²) >= 11 is 12.1. The van der Waals surface area contributed by atoms with Gasteiger partial charge in [-0.15, -0.1) is 0 Å². The zero-order valence-corrected chi connectivity index (χ0v) is 10.9. The maximum absolute atomic E-state index is 6.11. The lowest BCUT2D eigenvalue weighted by Gasteiger charge is -2.13. The van der Waals surface area contributed by atoms with Gasteiger partial charge >= 0.3 is 0 Å². The molecule has 2 aromatic rings. The van der Waals surface area contributed by atoms with Crippen molar-refractivity contribution >= 4 is 23.2 Å². The molecule has 0 amide bonds. The van der Waals surface area contributed by atoms with Gasteiger partial charge in [-0.2, -0.15) is 5.10 Å². The summed E-state index contributed by atoms with van der Waals surface area (Å²) in [5, 5.41) is 11.3. The lowest BCUT2D eigenvalue weighted by atomic mass is 10.1. The van der Waals surface area contributed by atoms with Gasteiger partial charge < -0.3 is 5.32 Å². The Hall–Kier alpha value is -1.03. The lowest BCUT2D eigenvalue weighted by Crippen LogP contribution is -2.17. The first-order valence-corrected chi connectivity index (χ1v) is 6.09. The van der Waals surface area contributed by atoms with Crippen LogP contribution in [0.4, 0.5) is 0 Å². The summed E-state index contributed by atoms with van der Waals surface area (Å²) in [7, 11) is 0. The second-order valence-electron chi connectivity index (χ2n) is 3.85. The standard InChI is InChI=1S/C12H13Cl2N3/c1-8(10-6-16-17-7-10)15-5-9-3-2-4-11(13)12(9)14/h2-4,6-8,15H,5H2,1H3,(H,16,17). The van der Waals surface area contributed by atoms with Gasteiger partial charge in [-0.05, 0) is 18.6 Å². The second kappa shape index (κ2) is 5.54. The van der Waals surface area contributed by atoms with Crippen LogP contribution < -0.4 is 5.32 Å². The van der Waals surface area contributed by atoms with E-state index in [1.807, 2.05) is 18.3 Å². The maximum Gasteiger partial charge on any atom is 0.0637 e. The average Bonchev–Trinajstić information content (AvgIpc) is 2.84. The molecule has 0 fully saturated rings. The highest BCUT2D eigenvalue weighted by atomic mass is 35.5. The van der Waals surface area contributed by atoms with Crippen LogP contribution in [0.2, 0.25) is 10.0 Å². The summed E-state index contributed by atoms with van der Waals surface area (Å²) in [4.78, 5) is 0. The van der Waals surface area contributed by atoms with Crippen LogP contribution in [0, 0.1) is 0 Å². The number of nitrogens with zero attached hydrogens (tertiary/aromatic N) is 1. The number of hydrogen-bond donors (Lipinski definition) is 2. The van der Waals surface area contributed by atoms with Crippen molar-refractivity contribution in [1.82, 2.24) is 15.5 Å². The van der Waals surface area contributed by atoms with Crippen LogP contribution in [0.3, 0.4) is 0 Å². The lowest BCUT2D eigenvalue weighted by molar-refractivity contribution is 0.575. The minimum absolute atomic E-state index is 0.212. The molecular weight excluding hydrogens is 257 g/mol. The van der Waals surface area contributed by atoms with E-state index < -0.39 is 0 Å². The molecule has 1 heterocycles. The van der Waals surface area contributed by atoms with E-state index in [4.69, 9.17) is 23.2 Å². The molecule has 3 nitrogen and oxygen atoms in total. The summed E-state index contributed by atoms with van der Waals surface area (Å²) in [6, 6.07) is 5.85.